The molecular weight excluding hydrogens is 432 g/mol. The van der Waals surface area contributed by atoms with Gasteiger partial charge in [0.2, 0.25) is 5.91 Å². The molecule has 2 unspecified atom stereocenters. The van der Waals surface area contributed by atoms with Crippen molar-refractivity contribution in [3.8, 4) is 11.5 Å². The minimum atomic E-state index is -0.877. The van der Waals surface area contributed by atoms with E-state index < -0.39 is 29.3 Å². The molecule has 1 saturated heterocycles. The Kier molecular flexibility index (Phi) is 8.79. The van der Waals surface area contributed by atoms with Gasteiger partial charge in [0.15, 0.2) is 11.5 Å². The van der Waals surface area contributed by atoms with E-state index in [-0.39, 0.29) is 23.7 Å². The molecule has 0 radical (unpaired) electrons. The third-order valence-electron chi connectivity index (χ3n) is 6.52. The Morgan fingerprint density at radius 3 is 2.32 bits per heavy atom. The van der Waals surface area contributed by atoms with Crippen molar-refractivity contribution in [2.45, 2.75) is 64.2 Å². The summed E-state index contributed by atoms with van der Waals surface area (Å²) in [6.45, 7) is 6.02. The number of rotatable bonds is 10. The van der Waals surface area contributed by atoms with E-state index in [1.807, 2.05) is 32.0 Å². The number of nitrogens with zero attached hydrogens (tertiary/aromatic N) is 1. The van der Waals surface area contributed by atoms with Gasteiger partial charge in [0.1, 0.15) is 5.56 Å². The van der Waals surface area contributed by atoms with Crippen LogP contribution in [0.15, 0.2) is 36.4 Å². The van der Waals surface area contributed by atoms with E-state index in [9.17, 15) is 19.8 Å². The Balaban J connectivity index is 2.06. The SMILES string of the molecule is CCCOC(=O)c1ccc(C(C(N)=O)C(CCC)c2ccccc2N2CCCCC2)c(O)c1O. The van der Waals surface area contributed by atoms with Gasteiger partial charge in [0.05, 0.1) is 12.5 Å². The summed E-state index contributed by atoms with van der Waals surface area (Å²) in [6.07, 6.45) is 5.55. The van der Waals surface area contributed by atoms with Crippen molar-refractivity contribution < 1.29 is 24.5 Å². The number of nitrogens with two attached hydrogens (primary N) is 1. The Morgan fingerprint density at radius 2 is 1.68 bits per heavy atom. The van der Waals surface area contributed by atoms with Crippen LogP contribution >= 0.6 is 0 Å². The van der Waals surface area contributed by atoms with Gasteiger partial charge in [-0.05, 0) is 49.8 Å². The van der Waals surface area contributed by atoms with Crippen LogP contribution in [0.1, 0.15) is 85.7 Å². The number of aromatic hydroxyl groups is 2. The van der Waals surface area contributed by atoms with Gasteiger partial charge in [-0.15, -0.1) is 0 Å². The summed E-state index contributed by atoms with van der Waals surface area (Å²) in [5.74, 6) is -3.60. The predicted octanol–water partition coefficient (Wildman–Crippen LogP) is 4.81. The van der Waals surface area contributed by atoms with Crippen molar-refractivity contribution >= 4 is 17.6 Å². The molecule has 7 heteroatoms. The van der Waals surface area contributed by atoms with Crippen molar-refractivity contribution in [1.29, 1.82) is 0 Å². The third-order valence-corrected chi connectivity index (χ3v) is 6.52. The van der Waals surface area contributed by atoms with E-state index in [1.54, 1.807) is 0 Å². The first kappa shape index (κ1) is 25.4. The lowest BCUT2D eigenvalue weighted by Gasteiger charge is -2.34. The zero-order chi connectivity index (χ0) is 24.7. The average Bonchev–Trinajstić information content (AvgIpc) is 2.85. The Labute approximate surface area is 201 Å². The van der Waals surface area contributed by atoms with E-state index >= 15 is 0 Å². The first-order valence-corrected chi connectivity index (χ1v) is 12.3. The molecule has 4 N–H and O–H groups in total. The molecule has 1 fully saturated rings. The van der Waals surface area contributed by atoms with E-state index in [0.29, 0.717) is 12.8 Å². The highest BCUT2D eigenvalue weighted by Gasteiger charge is 2.35. The van der Waals surface area contributed by atoms with E-state index in [1.165, 1.54) is 18.6 Å². The van der Waals surface area contributed by atoms with Gasteiger partial charge in [-0.2, -0.15) is 0 Å². The number of benzene rings is 2. The Hall–Kier alpha value is -3.22. The maximum atomic E-state index is 12.8. The number of amides is 1. The highest BCUT2D eigenvalue weighted by molar-refractivity contribution is 5.94. The molecule has 2 aromatic rings. The molecule has 1 amide bonds. The molecule has 0 saturated carbocycles. The molecule has 2 atom stereocenters. The number of esters is 1. The van der Waals surface area contributed by atoms with Crippen LogP contribution in [-0.4, -0.2) is 41.8 Å². The van der Waals surface area contributed by atoms with Crippen LogP contribution in [0, 0.1) is 0 Å². The number of carbonyl (C=O) groups excluding carboxylic acids is 2. The predicted molar refractivity (Wildman–Crippen MR) is 132 cm³/mol. The summed E-state index contributed by atoms with van der Waals surface area (Å²) < 4.78 is 5.09. The molecule has 1 aliphatic heterocycles. The molecule has 1 heterocycles. The molecule has 3 rings (SSSR count). The summed E-state index contributed by atoms with van der Waals surface area (Å²) in [5.41, 5.74) is 8.06. The third kappa shape index (κ3) is 5.46. The lowest BCUT2D eigenvalue weighted by atomic mass is 9.77. The molecule has 184 valence electrons. The minimum absolute atomic E-state index is 0.140. The van der Waals surface area contributed by atoms with E-state index in [0.717, 1.165) is 43.6 Å². The van der Waals surface area contributed by atoms with Crippen molar-refractivity contribution in [2.24, 2.45) is 5.73 Å². The maximum Gasteiger partial charge on any atom is 0.342 e. The van der Waals surface area contributed by atoms with Gasteiger partial charge in [0.25, 0.3) is 0 Å². The topological polar surface area (TPSA) is 113 Å². The normalized spacial score (nSPS) is 15.5. The summed E-state index contributed by atoms with van der Waals surface area (Å²) in [6, 6.07) is 10.9. The van der Waals surface area contributed by atoms with Crippen molar-refractivity contribution in [3.05, 3.63) is 53.1 Å². The lowest BCUT2D eigenvalue weighted by molar-refractivity contribution is -0.120. The van der Waals surface area contributed by atoms with Gasteiger partial charge in [-0.3, -0.25) is 4.79 Å². The zero-order valence-electron chi connectivity index (χ0n) is 20.1. The fourth-order valence-electron chi connectivity index (χ4n) is 4.89. The number of anilines is 1. The molecule has 0 aromatic heterocycles. The van der Waals surface area contributed by atoms with Crippen LogP contribution in [0.2, 0.25) is 0 Å². The van der Waals surface area contributed by atoms with E-state index in [4.69, 9.17) is 10.5 Å². The lowest BCUT2D eigenvalue weighted by Crippen LogP contribution is -2.32. The van der Waals surface area contributed by atoms with Gasteiger partial charge >= 0.3 is 5.97 Å². The second-order valence-electron chi connectivity index (χ2n) is 8.92. The van der Waals surface area contributed by atoms with E-state index in [2.05, 4.69) is 11.0 Å². The number of hydrogen-bond acceptors (Lipinski definition) is 6. The number of piperidine rings is 1. The molecule has 0 spiro atoms. The highest BCUT2D eigenvalue weighted by atomic mass is 16.5. The monoisotopic (exact) mass is 468 g/mol. The minimum Gasteiger partial charge on any atom is -0.504 e. The molecule has 0 aliphatic carbocycles. The molecule has 7 nitrogen and oxygen atoms in total. The summed E-state index contributed by atoms with van der Waals surface area (Å²) >= 11 is 0. The molecule has 34 heavy (non-hydrogen) atoms. The van der Waals surface area contributed by atoms with Gasteiger partial charge in [-0.25, -0.2) is 4.79 Å². The van der Waals surface area contributed by atoms with Crippen LogP contribution in [0.5, 0.6) is 11.5 Å². The summed E-state index contributed by atoms with van der Waals surface area (Å²) in [5, 5.41) is 21.5. The van der Waals surface area contributed by atoms with Crippen LogP contribution in [0.3, 0.4) is 0 Å². The van der Waals surface area contributed by atoms with Gasteiger partial charge in [-0.1, -0.05) is 44.5 Å². The highest BCUT2D eigenvalue weighted by Crippen LogP contribution is 2.46. The zero-order valence-corrected chi connectivity index (χ0v) is 20.1. The van der Waals surface area contributed by atoms with Crippen molar-refractivity contribution in [3.63, 3.8) is 0 Å². The fraction of sp³-hybridized carbons (Fsp3) is 0.481. The number of hydrogen-bond donors (Lipinski definition) is 3. The largest absolute Gasteiger partial charge is 0.504 e. The van der Waals surface area contributed by atoms with Crippen LogP contribution in [-0.2, 0) is 9.53 Å². The first-order chi connectivity index (χ1) is 16.4. The Morgan fingerprint density at radius 1 is 0.971 bits per heavy atom. The standard InChI is InChI=1S/C27H36N2O5/c1-3-10-19(18-11-6-7-12-22(18)29-15-8-5-9-16-29)23(26(28)32)20-13-14-21(25(31)24(20)30)27(33)34-17-4-2/h6-7,11-14,19,23,30-31H,3-5,8-10,15-17H2,1-2H3,(H2,28,32). The fourth-order valence-corrected chi connectivity index (χ4v) is 4.89. The molecular formula is C27H36N2O5. The number of ether oxygens (including phenoxy) is 1. The second kappa shape index (κ2) is 11.8. The number of phenols is 2. The maximum absolute atomic E-state index is 12.8. The quantitative estimate of drug-likeness (QED) is 0.341. The van der Waals surface area contributed by atoms with Crippen molar-refractivity contribution in [1.82, 2.24) is 0 Å². The van der Waals surface area contributed by atoms with Gasteiger partial charge in [0, 0.05) is 30.3 Å². The molecule has 1 aliphatic rings. The summed E-state index contributed by atoms with van der Waals surface area (Å²) in [4.78, 5) is 27.5. The van der Waals surface area contributed by atoms with Crippen LogP contribution in [0.4, 0.5) is 5.69 Å². The summed E-state index contributed by atoms with van der Waals surface area (Å²) in [7, 11) is 0. The number of primary amides is 1. The van der Waals surface area contributed by atoms with Crippen molar-refractivity contribution in [2.75, 3.05) is 24.6 Å². The first-order valence-electron chi connectivity index (χ1n) is 12.3. The van der Waals surface area contributed by atoms with Crippen LogP contribution < -0.4 is 10.6 Å². The number of carbonyl (C=O) groups is 2. The Bertz CT molecular complexity index is 1000. The number of para-hydroxylation sites is 1. The van der Waals surface area contributed by atoms with Gasteiger partial charge < -0.3 is 25.6 Å². The second-order valence-corrected chi connectivity index (χ2v) is 8.92. The average molecular weight is 469 g/mol. The van der Waals surface area contributed by atoms with Crippen LogP contribution in [0.25, 0.3) is 0 Å². The molecule has 0 bridgehead atoms. The number of phenolic OH excluding ortho intramolecular Hbond substituents is 2. The smallest absolute Gasteiger partial charge is 0.342 e. The molecule has 2 aromatic carbocycles.